The molecule has 2 aromatic heterocycles. The van der Waals surface area contributed by atoms with Crippen LogP contribution in [0.1, 0.15) is 0 Å². The molecule has 1 aromatic carbocycles. The average molecular weight is 350 g/mol. The molecule has 6 heteroatoms. The molecule has 2 heterocycles. The minimum atomic E-state index is 0.0302. The summed E-state index contributed by atoms with van der Waals surface area (Å²) >= 11 is 4.84. The van der Waals surface area contributed by atoms with Gasteiger partial charge in [0.1, 0.15) is 4.70 Å². The number of fused-ring (bicyclic) bond motifs is 1. The number of hydrogen-bond acceptors (Lipinski definition) is 4. The molecule has 102 valence electrons. The largest absolute Gasteiger partial charge is 0.383 e. The predicted molar refractivity (Wildman–Crippen MR) is 86.5 cm³/mol. The number of nitrogens with one attached hydrogen (secondary N) is 1. The summed E-state index contributed by atoms with van der Waals surface area (Å²) in [6.45, 7) is 1.27. The molecule has 0 spiro atoms. The monoisotopic (exact) mass is 349 g/mol. The third kappa shape index (κ3) is 2.76. The Labute approximate surface area is 128 Å². The van der Waals surface area contributed by atoms with Crippen molar-refractivity contribution < 1.29 is 0 Å². The van der Waals surface area contributed by atoms with Crippen LogP contribution < -0.4 is 10.9 Å². The Morgan fingerprint density at radius 3 is 2.85 bits per heavy atom. The quantitative estimate of drug-likeness (QED) is 0.785. The van der Waals surface area contributed by atoms with E-state index in [2.05, 4.69) is 26.2 Å². The molecule has 0 amide bonds. The third-order valence-electron chi connectivity index (χ3n) is 2.96. The minimum absolute atomic E-state index is 0.0302. The summed E-state index contributed by atoms with van der Waals surface area (Å²) in [5.74, 6) is 0. The van der Waals surface area contributed by atoms with Gasteiger partial charge in [-0.05, 0) is 35.7 Å². The molecule has 3 rings (SSSR count). The van der Waals surface area contributed by atoms with Crippen molar-refractivity contribution >= 4 is 43.2 Å². The molecule has 0 unspecified atom stereocenters. The number of hydrogen-bond donors (Lipinski definition) is 1. The van der Waals surface area contributed by atoms with Crippen LogP contribution in [-0.4, -0.2) is 16.1 Å². The van der Waals surface area contributed by atoms with Crippen LogP contribution >= 0.6 is 27.3 Å². The second kappa shape index (κ2) is 5.76. The molecule has 3 aromatic rings. The highest BCUT2D eigenvalue weighted by molar-refractivity contribution is 9.10. The van der Waals surface area contributed by atoms with E-state index in [1.165, 1.54) is 11.3 Å². The third-order valence-corrected chi connectivity index (χ3v) is 4.38. The van der Waals surface area contributed by atoms with Gasteiger partial charge in [0, 0.05) is 23.2 Å². The molecule has 0 saturated carbocycles. The lowest BCUT2D eigenvalue weighted by molar-refractivity contribution is 0.690. The van der Waals surface area contributed by atoms with E-state index in [9.17, 15) is 4.79 Å². The lowest BCUT2D eigenvalue weighted by Gasteiger charge is -2.08. The Morgan fingerprint density at radius 2 is 2.05 bits per heavy atom. The normalized spacial score (nSPS) is 10.8. The maximum Gasteiger partial charge on any atom is 0.271 e. The van der Waals surface area contributed by atoms with Gasteiger partial charge < -0.3 is 5.32 Å². The molecular weight excluding hydrogens is 338 g/mol. The molecule has 20 heavy (non-hydrogen) atoms. The van der Waals surface area contributed by atoms with E-state index in [1.807, 2.05) is 35.7 Å². The van der Waals surface area contributed by atoms with Crippen LogP contribution in [0.15, 0.2) is 51.3 Å². The summed E-state index contributed by atoms with van der Waals surface area (Å²) < 4.78 is 3.41. The van der Waals surface area contributed by atoms with Crippen LogP contribution in [-0.2, 0) is 6.54 Å². The average Bonchev–Trinajstić information content (AvgIpc) is 2.93. The van der Waals surface area contributed by atoms with Crippen molar-refractivity contribution in [3.05, 3.63) is 56.9 Å². The highest BCUT2D eigenvalue weighted by atomic mass is 79.9. The van der Waals surface area contributed by atoms with Crippen molar-refractivity contribution in [2.24, 2.45) is 0 Å². The second-order valence-electron chi connectivity index (χ2n) is 4.31. The highest BCUT2D eigenvalue weighted by Crippen LogP contribution is 2.14. The van der Waals surface area contributed by atoms with Crippen molar-refractivity contribution in [2.75, 3.05) is 11.9 Å². The van der Waals surface area contributed by atoms with Crippen LogP contribution in [0.25, 0.3) is 10.2 Å². The zero-order valence-corrected chi connectivity index (χ0v) is 12.9. The molecule has 0 radical (unpaired) electrons. The number of aromatic nitrogens is 2. The fourth-order valence-electron chi connectivity index (χ4n) is 1.93. The summed E-state index contributed by atoms with van der Waals surface area (Å²) in [7, 11) is 0. The highest BCUT2D eigenvalue weighted by Gasteiger charge is 2.04. The zero-order chi connectivity index (χ0) is 13.9. The molecule has 0 atom stereocenters. The van der Waals surface area contributed by atoms with Crippen LogP contribution in [0.4, 0.5) is 5.69 Å². The van der Waals surface area contributed by atoms with Crippen LogP contribution in [0.2, 0.25) is 0 Å². The van der Waals surface area contributed by atoms with Crippen LogP contribution in [0.5, 0.6) is 0 Å². The van der Waals surface area contributed by atoms with Crippen molar-refractivity contribution in [2.45, 2.75) is 6.54 Å². The van der Waals surface area contributed by atoms with Gasteiger partial charge in [0.25, 0.3) is 5.56 Å². The van der Waals surface area contributed by atoms with Gasteiger partial charge in [-0.3, -0.25) is 9.36 Å². The summed E-state index contributed by atoms with van der Waals surface area (Å²) in [5.41, 5.74) is 1.84. The van der Waals surface area contributed by atoms with Gasteiger partial charge in [0.2, 0.25) is 0 Å². The lowest BCUT2D eigenvalue weighted by Crippen LogP contribution is -2.23. The number of halogens is 1. The lowest BCUT2D eigenvalue weighted by atomic mass is 10.3. The molecule has 0 aliphatic carbocycles. The Bertz CT molecular complexity index is 779. The smallest absolute Gasteiger partial charge is 0.271 e. The SMILES string of the molecule is O=c1c2sccc2ncn1CCNc1ccc(Br)cc1. The Morgan fingerprint density at radius 1 is 1.25 bits per heavy atom. The summed E-state index contributed by atoms with van der Waals surface area (Å²) in [5, 5.41) is 5.18. The predicted octanol–water partition coefficient (Wildman–Crippen LogP) is 3.33. The summed E-state index contributed by atoms with van der Waals surface area (Å²) in [6.07, 6.45) is 1.61. The first-order chi connectivity index (χ1) is 9.74. The van der Waals surface area contributed by atoms with E-state index in [1.54, 1.807) is 10.9 Å². The maximum absolute atomic E-state index is 12.2. The molecule has 0 fully saturated rings. The first-order valence-corrected chi connectivity index (χ1v) is 7.83. The van der Waals surface area contributed by atoms with Crippen LogP contribution in [0, 0.1) is 0 Å². The number of rotatable bonds is 4. The Balaban J connectivity index is 1.69. The van der Waals surface area contributed by atoms with Gasteiger partial charge in [-0.15, -0.1) is 11.3 Å². The summed E-state index contributed by atoms with van der Waals surface area (Å²) in [6, 6.07) is 9.81. The molecule has 1 N–H and O–H groups in total. The topological polar surface area (TPSA) is 46.9 Å². The second-order valence-corrected chi connectivity index (χ2v) is 6.14. The molecule has 0 aliphatic heterocycles. The Kier molecular flexibility index (Phi) is 3.84. The zero-order valence-electron chi connectivity index (χ0n) is 10.5. The fourth-order valence-corrected chi connectivity index (χ4v) is 2.98. The molecule has 0 bridgehead atoms. The molecule has 4 nitrogen and oxygen atoms in total. The van der Waals surface area contributed by atoms with Crippen molar-refractivity contribution in [3.8, 4) is 0 Å². The van der Waals surface area contributed by atoms with E-state index < -0.39 is 0 Å². The van der Waals surface area contributed by atoms with E-state index in [-0.39, 0.29) is 5.56 Å². The van der Waals surface area contributed by atoms with E-state index >= 15 is 0 Å². The van der Waals surface area contributed by atoms with Gasteiger partial charge >= 0.3 is 0 Å². The Hall–Kier alpha value is -1.66. The van der Waals surface area contributed by atoms with Gasteiger partial charge in [0.05, 0.1) is 11.8 Å². The van der Waals surface area contributed by atoms with Crippen molar-refractivity contribution in [3.63, 3.8) is 0 Å². The van der Waals surface area contributed by atoms with Gasteiger partial charge in [-0.25, -0.2) is 4.98 Å². The van der Waals surface area contributed by atoms with E-state index in [4.69, 9.17) is 0 Å². The van der Waals surface area contributed by atoms with Gasteiger partial charge in [-0.2, -0.15) is 0 Å². The van der Waals surface area contributed by atoms with Crippen LogP contribution in [0.3, 0.4) is 0 Å². The van der Waals surface area contributed by atoms with Gasteiger partial charge in [0.15, 0.2) is 0 Å². The fraction of sp³-hybridized carbons (Fsp3) is 0.143. The molecular formula is C14H12BrN3OS. The number of benzene rings is 1. The molecule has 0 saturated heterocycles. The number of nitrogens with zero attached hydrogens (tertiary/aromatic N) is 2. The number of thiophene rings is 1. The first-order valence-electron chi connectivity index (χ1n) is 6.16. The van der Waals surface area contributed by atoms with Crippen molar-refractivity contribution in [1.29, 1.82) is 0 Å². The minimum Gasteiger partial charge on any atom is -0.383 e. The van der Waals surface area contributed by atoms with E-state index in [0.29, 0.717) is 13.1 Å². The number of anilines is 1. The van der Waals surface area contributed by atoms with Crippen molar-refractivity contribution in [1.82, 2.24) is 9.55 Å². The first kappa shape index (κ1) is 13.3. The van der Waals surface area contributed by atoms with E-state index in [0.717, 1.165) is 20.4 Å². The summed E-state index contributed by atoms with van der Waals surface area (Å²) in [4.78, 5) is 16.5. The standard InChI is InChI=1S/C14H12BrN3OS/c15-10-1-3-11(4-2-10)16-6-7-18-9-17-12-5-8-20-13(12)14(18)19/h1-5,8-9,16H,6-7H2. The maximum atomic E-state index is 12.2. The van der Waals surface area contributed by atoms with Gasteiger partial charge in [-0.1, -0.05) is 15.9 Å². The molecule has 0 aliphatic rings.